The molecule has 0 fully saturated rings. The number of aromatic nitrogens is 2. The van der Waals surface area contributed by atoms with Crippen LogP contribution in [0.4, 0.5) is 5.69 Å². The lowest BCUT2D eigenvalue weighted by molar-refractivity contribution is 0.102. The van der Waals surface area contributed by atoms with Gasteiger partial charge in [-0.1, -0.05) is 18.2 Å². The maximum atomic E-state index is 12.5. The molecule has 0 bridgehead atoms. The summed E-state index contributed by atoms with van der Waals surface area (Å²) in [4.78, 5) is 12.5. The van der Waals surface area contributed by atoms with Crippen molar-refractivity contribution in [3.05, 3.63) is 72.5 Å². The summed E-state index contributed by atoms with van der Waals surface area (Å²) < 4.78 is 16.1. The Morgan fingerprint density at radius 1 is 1.00 bits per heavy atom. The molecule has 0 aliphatic heterocycles. The molecule has 7 nitrogen and oxygen atoms in total. The maximum absolute atomic E-state index is 12.5. The van der Waals surface area contributed by atoms with E-state index < -0.39 is 0 Å². The molecule has 0 unspecified atom stereocenters. The highest BCUT2D eigenvalue weighted by atomic mass is 16.5. The summed E-state index contributed by atoms with van der Waals surface area (Å²) >= 11 is 0. The van der Waals surface area contributed by atoms with Gasteiger partial charge in [-0.05, 0) is 42.5 Å². The summed E-state index contributed by atoms with van der Waals surface area (Å²) in [6.45, 7) is 0. The van der Waals surface area contributed by atoms with Crippen molar-refractivity contribution in [3.63, 3.8) is 0 Å². The first-order chi connectivity index (χ1) is 13.2. The lowest BCUT2D eigenvalue weighted by Crippen LogP contribution is -2.13. The number of benzene rings is 2. The van der Waals surface area contributed by atoms with Crippen LogP contribution in [0.1, 0.15) is 10.4 Å². The van der Waals surface area contributed by atoms with Gasteiger partial charge >= 0.3 is 0 Å². The Morgan fingerprint density at radius 2 is 1.85 bits per heavy atom. The van der Waals surface area contributed by atoms with Gasteiger partial charge < -0.3 is 18.9 Å². The molecule has 2 aromatic carbocycles. The zero-order valence-corrected chi connectivity index (χ0v) is 14.4. The molecular formula is C20H15N3O4. The molecule has 0 atom stereocenters. The molecule has 134 valence electrons. The number of para-hydroxylation sites is 1. The second-order valence-corrected chi connectivity index (χ2v) is 5.62. The second kappa shape index (κ2) is 7.17. The van der Waals surface area contributed by atoms with Crippen LogP contribution in [0.5, 0.6) is 5.75 Å². The van der Waals surface area contributed by atoms with Crippen molar-refractivity contribution >= 4 is 11.6 Å². The molecule has 2 aromatic heterocycles. The Kier molecular flexibility index (Phi) is 4.40. The van der Waals surface area contributed by atoms with E-state index >= 15 is 0 Å². The van der Waals surface area contributed by atoms with E-state index in [1.54, 1.807) is 48.5 Å². The minimum atomic E-state index is -0.272. The fourth-order valence-corrected chi connectivity index (χ4v) is 2.60. The van der Waals surface area contributed by atoms with Gasteiger partial charge in [-0.15, -0.1) is 10.2 Å². The van der Waals surface area contributed by atoms with Gasteiger partial charge in [-0.2, -0.15) is 0 Å². The van der Waals surface area contributed by atoms with E-state index in [2.05, 4.69) is 15.5 Å². The summed E-state index contributed by atoms with van der Waals surface area (Å²) in [5.41, 5.74) is 1.72. The fourth-order valence-electron chi connectivity index (χ4n) is 2.60. The van der Waals surface area contributed by atoms with Crippen LogP contribution < -0.4 is 10.1 Å². The molecule has 7 heteroatoms. The molecule has 0 aliphatic carbocycles. The van der Waals surface area contributed by atoms with Crippen LogP contribution >= 0.6 is 0 Å². The van der Waals surface area contributed by atoms with Gasteiger partial charge in [0.15, 0.2) is 5.76 Å². The summed E-state index contributed by atoms with van der Waals surface area (Å²) in [5, 5.41) is 10.9. The van der Waals surface area contributed by atoms with E-state index in [-0.39, 0.29) is 5.91 Å². The van der Waals surface area contributed by atoms with Gasteiger partial charge in [-0.25, -0.2) is 0 Å². The monoisotopic (exact) mass is 361 g/mol. The number of methoxy groups -OCH3 is 1. The number of carbonyl (C=O) groups is 1. The SMILES string of the molecule is COc1ccccc1C(=O)Nc1cccc(-c2nnc(-c3ccco3)o2)c1. The molecule has 0 saturated carbocycles. The number of hydrogen-bond acceptors (Lipinski definition) is 6. The van der Waals surface area contributed by atoms with Crippen molar-refractivity contribution in [3.8, 4) is 28.9 Å². The topological polar surface area (TPSA) is 90.4 Å². The van der Waals surface area contributed by atoms with Gasteiger partial charge in [-0.3, -0.25) is 4.79 Å². The number of carbonyl (C=O) groups excluding carboxylic acids is 1. The van der Waals surface area contributed by atoms with Crippen LogP contribution in [0.3, 0.4) is 0 Å². The van der Waals surface area contributed by atoms with Crippen LogP contribution in [0.2, 0.25) is 0 Å². The Balaban J connectivity index is 1.57. The first-order valence-corrected chi connectivity index (χ1v) is 8.17. The number of furan rings is 1. The number of rotatable bonds is 5. The summed E-state index contributed by atoms with van der Waals surface area (Å²) in [5.74, 6) is 1.35. The van der Waals surface area contributed by atoms with Crippen molar-refractivity contribution in [1.82, 2.24) is 10.2 Å². The Hall–Kier alpha value is -3.87. The molecule has 0 aliphatic rings. The van der Waals surface area contributed by atoms with Gasteiger partial charge in [0.25, 0.3) is 11.8 Å². The van der Waals surface area contributed by atoms with E-state index in [9.17, 15) is 4.79 Å². The van der Waals surface area contributed by atoms with E-state index in [0.29, 0.717) is 40.1 Å². The number of nitrogens with one attached hydrogen (secondary N) is 1. The highest BCUT2D eigenvalue weighted by Crippen LogP contribution is 2.26. The van der Waals surface area contributed by atoms with E-state index in [1.165, 1.54) is 13.4 Å². The highest BCUT2D eigenvalue weighted by Gasteiger charge is 2.15. The molecule has 0 spiro atoms. The van der Waals surface area contributed by atoms with E-state index in [0.717, 1.165) is 0 Å². The minimum absolute atomic E-state index is 0.272. The zero-order chi connectivity index (χ0) is 18.6. The first-order valence-electron chi connectivity index (χ1n) is 8.17. The predicted molar refractivity (Wildman–Crippen MR) is 98.4 cm³/mol. The van der Waals surface area contributed by atoms with Gasteiger partial charge in [0.2, 0.25) is 5.89 Å². The molecule has 4 rings (SSSR count). The molecule has 0 saturated heterocycles. The zero-order valence-electron chi connectivity index (χ0n) is 14.4. The van der Waals surface area contributed by atoms with E-state index in [4.69, 9.17) is 13.6 Å². The number of hydrogen-bond donors (Lipinski definition) is 1. The van der Waals surface area contributed by atoms with Crippen molar-refractivity contribution < 1.29 is 18.4 Å². The third-order valence-electron chi connectivity index (χ3n) is 3.88. The van der Waals surface area contributed by atoms with Gasteiger partial charge in [0.05, 0.1) is 18.9 Å². The van der Waals surface area contributed by atoms with Crippen LogP contribution in [-0.2, 0) is 0 Å². The average molecular weight is 361 g/mol. The summed E-state index contributed by atoms with van der Waals surface area (Å²) in [6.07, 6.45) is 1.53. The molecule has 4 aromatic rings. The Morgan fingerprint density at radius 3 is 2.67 bits per heavy atom. The summed E-state index contributed by atoms with van der Waals surface area (Å²) in [6, 6.07) is 17.7. The number of amides is 1. The number of ether oxygens (including phenoxy) is 1. The molecular weight excluding hydrogens is 346 g/mol. The second-order valence-electron chi connectivity index (χ2n) is 5.62. The maximum Gasteiger partial charge on any atom is 0.283 e. The fraction of sp³-hybridized carbons (Fsp3) is 0.0500. The molecule has 2 heterocycles. The minimum Gasteiger partial charge on any atom is -0.496 e. The van der Waals surface area contributed by atoms with Crippen LogP contribution in [0.15, 0.2) is 75.8 Å². The highest BCUT2D eigenvalue weighted by molar-refractivity contribution is 6.06. The van der Waals surface area contributed by atoms with Crippen molar-refractivity contribution in [2.45, 2.75) is 0 Å². The van der Waals surface area contributed by atoms with Crippen molar-refractivity contribution in [2.75, 3.05) is 12.4 Å². The Bertz CT molecular complexity index is 1070. The van der Waals surface area contributed by atoms with Gasteiger partial charge in [0, 0.05) is 11.3 Å². The van der Waals surface area contributed by atoms with Crippen molar-refractivity contribution in [1.29, 1.82) is 0 Å². The average Bonchev–Trinajstić information content (AvgIpc) is 3.39. The largest absolute Gasteiger partial charge is 0.496 e. The third kappa shape index (κ3) is 3.43. The van der Waals surface area contributed by atoms with E-state index in [1.807, 2.05) is 12.1 Å². The molecule has 1 N–H and O–H groups in total. The van der Waals surface area contributed by atoms with Crippen LogP contribution in [-0.4, -0.2) is 23.2 Å². The Labute approximate surface area is 154 Å². The summed E-state index contributed by atoms with van der Waals surface area (Å²) in [7, 11) is 1.53. The lowest BCUT2D eigenvalue weighted by atomic mass is 10.1. The number of anilines is 1. The first kappa shape index (κ1) is 16.6. The third-order valence-corrected chi connectivity index (χ3v) is 3.88. The number of nitrogens with zero attached hydrogens (tertiary/aromatic N) is 2. The normalized spacial score (nSPS) is 10.6. The van der Waals surface area contributed by atoms with Crippen LogP contribution in [0, 0.1) is 0 Å². The quantitative estimate of drug-likeness (QED) is 0.571. The van der Waals surface area contributed by atoms with Crippen LogP contribution in [0.25, 0.3) is 23.1 Å². The van der Waals surface area contributed by atoms with Crippen molar-refractivity contribution in [2.24, 2.45) is 0 Å². The van der Waals surface area contributed by atoms with Gasteiger partial charge in [0.1, 0.15) is 5.75 Å². The smallest absolute Gasteiger partial charge is 0.283 e. The standard InChI is InChI=1S/C20H15N3O4/c1-25-16-9-3-2-8-15(16)18(24)21-14-7-4-6-13(12-14)19-22-23-20(27-19)17-10-5-11-26-17/h2-12H,1H3,(H,21,24). The molecule has 1 amide bonds. The lowest BCUT2D eigenvalue weighted by Gasteiger charge is -2.09. The molecule has 0 radical (unpaired) electrons. The molecule has 27 heavy (non-hydrogen) atoms. The predicted octanol–water partition coefficient (Wildman–Crippen LogP) is 4.26.